The van der Waals surface area contributed by atoms with Crippen LogP contribution in [0.15, 0.2) is 24.3 Å². The van der Waals surface area contributed by atoms with E-state index < -0.39 is 0 Å². The Balaban J connectivity index is 2.50. The summed E-state index contributed by atoms with van der Waals surface area (Å²) in [4.78, 5) is 10.6. The lowest BCUT2D eigenvalue weighted by atomic mass is 10.2. The third-order valence-corrected chi connectivity index (χ3v) is 1.68. The van der Waals surface area contributed by atoms with Crippen molar-refractivity contribution in [3.8, 4) is 5.75 Å². The van der Waals surface area contributed by atoms with Crippen molar-refractivity contribution in [2.24, 2.45) is 0 Å². The van der Waals surface area contributed by atoms with Crippen molar-refractivity contribution in [2.75, 3.05) is 13.7 Å². The third kappa shape index (κ3) is 3.58. The lowest BCUT2D eigenvalue weighted by Gasteiger charge is -2.04. The Hall–Kier alpha value is -1.35. The average Bonchev–Trinajstić information content (AvgIpc) is 2.17. The molecule has 0 unspecified atom stereocenters. The quantitative estimate of drug-likeness (QED) is 0.717. The Bertz CT molecular complexity index is 290. The van der Waals surface area contributed by atoms with E-state index in [1.54, 1.807) is 7.11 Å². The average molecular weight is 194 g/mol. The fraction of sp³-hybridized carbons (Fsp3) is 0.364. The van der Waals surface area contributed by atoms with Crippen LogP contribution in [0, 0.1) is 0 Å². The van der Waals surface area contributed by atoms with E-state index in [9.17, 15) is 4.79 Å². The molecule has 0 amide bonds. The monoisotopic (exact) mass is 194 g/mol. The molecule has 0 aliphatic rings. The van der Waals surface area contributed by atoms with Crippen LogP contribution in [0.25, 0.3) is 0 Å². The van der Waals surface area contributed by atoms with E-state index in [1.165, 1.54) is 6.92 Å². The minimum atomic E-state index is 0.0194. The number of carbonyl (C=O) groups excluding carboxylic acids is 1. The van der Waals surface area contributed by atoms with Gasteiger partial charge in [0.2, 0.25) is 0 Å². The molecular formula is C11H14O3. The third-order valence-electron chi connectivity index (χ3n) is 1.68. The first-order valence-electron chi connectivity index (χ1n) is 4.42. The lowest BCUT2D eigenvalue weighted by molar-refractivity contribution is -0.118. The van der Waals surface area contributed by atoms with Gasteiger partial charge in [0.25, 0.3) is 0 Å². The molecule has 0 aromatic heterocycles. The molecule has 1 aromatic rings. The minimum Gasteiger partial charge on any atom is -0.486 e. The fourth-order valence-electron chi connectivity index (χ4n) is 1.03. The summed E-state index contributed by atoms with van der Waals surface area (Å²) in [5, 5.41) is 0. The van der Waals surface area contributed by atoms with Gasteiger partial charge in [-0.2, -0.15) is 0 Å². The van der Waals surface area contributed by atoms with Crippen LogP contribution in [0.1, 0.15) is 12.5 Å². The maximum atomic E-state index is 10.6. The molecule has 0 saturated carbocycles. The van der Waals surface area contributed by atoms with E-state index in [2.05, 4.69) is 0 Å². The summed E-state index contributed by atoms with van der Waals surface area (Å²) in [6.45, 7) is 2.22. The molecule has 0 bridgehead atoms. The molecule has 0 saturated heterocycles. The summed E-state index contributed by atoms with van der Waals surface area (Å²) in [5.74, 6) is 0.728. The van der Waals surface area contributed by atoms with Crippen LogP contribution in [-0.4, -0.2) is 19.5 Å². The number of methoxy groups -OCH3 is 1. The van der Waals surface area contributed by atoms with Crippen molar-refractivity contribution in [3.63, 3.8) is 0 Å². The van der Waals surface area contributed by atoms with E-state index in [1.807, 2.05) is 24.3 Å². The summed E-state index contributed by atoms with van der Waals surface area (Å²) in [5.41, 5.74) is 1.09. The predicted molar refractivity (Wildman–Crippen MR) is 53.3 cm³/mol. The molecule has 1 rings (SSSR count). The first-order valence-corrected chi connectivity index (χ1v) is 4.42. The Morgan fingerprint density at radius 1 is 1.29 bits per heavy atom. The molecule has 3 nitrogen and oxygen atoms in total. The van der Waals surface area contributed by atoms with Crippen LogP contribution >= 0.6 is 0 Å². The van der Waals surface area contributed by atoms with Crippen molar-refractivity contribution in [1.29, 1.82) is 0 Å². The van der Waals surface area contributed by atoms with E-state index in [-0.39, 0.29) is 12.4 Å². The van der Waals surface area contributed by atoms with Crippen molar-refractivity contribution in [3.05, 3.63) is 29.8 Å². The summed E-state index contributed by atoms with van der Waals surface area (Å²) in [6.07, 6.45) is 0. The van der Waals surface area contributed by atoms with Gasteiger partial charge in [-0.05, 0) is 24.6 Å². The molecule has 76 valence electrons. The van der Waals surface area contributed by atoms with Crippen molar-refractivity contribution in [1.82, 2.24) is 0 Å². The number of ether oxygens (including phenoxy) is 2. The highest BCUT2D eigenvalue weighted by molar-refractivity contribution is 5.77. The molecule has 3 heteroatoms. The minimum absolute atomic E-state index is 0.0194. The maximum absolute atomic E-state index is 10.6. The number of ketones is 1. The normalized spacial score (nSPS) is 9.86. The molecule has 0 spiro atoms. The van der Waals surface area contributed by atoms with Crippen LogP contribution < -0.4 is 4.74 Å². The molecule has 14 heavy (non-hydrogen) atoms. The molecule has 1 aromatic carbocycles. The van der Waals surface area contributed by atoms with Gasteiger partial charge in [-0.15, -0.1) is 0 Å². The fourth-order valence-corrected chi connectivity index (χ4v) is 1.03. The largest absolute Gasteiger partial charge is 0.486 e. The first-order chi connectivity index (χ1) is 6.72. The summed E-state index contributed by atoms with van der Waals surface area (Å²) >= 11 is 0. The number of Topliss-reactive ketones (excluding diaryl/α,β-unsaturated/α-hetero) is 1. The number of benzene rings is 1. The Morgan fingerprint density at radius 3 is 2.43 bits per heavy atom. The lowest BCUT2D eigenvalue weighted by Crippen LogP contribution is -2.06. The first kappa shape index (κ1) is 10.7. The zero-order valence-corrected chi connectivity index (χ0v) is 8.45. The second kappa shape index (κ2) is 5.40. The van der Waals surface area contributed by atoms with E-state index in [0.29, 0.717) is 12.4 Å². The predicted octanol–water partition coefficient (Wildman–Crippen LogP) is 1.80. The van der Waals surface area contributed by atoms with Gasteiger partial charge in [0.05, 0.1) is 6.61 Å². The van der Waals surface area contributed by atoms with Gasteiger partial charge in [0, 0.05) is 7.11 Å². The molecule has 0 aliphatic heterocycles. The Morgan fingerprint density at radius 2 is 1.93 bits per heavy atom. The van der Waals surface area contributed by atoms with Crippen LogP contribution in [-0.2, 0) is 16.1 Å². The highest BCUT2D eigenvalue weighted by Gasteiger charge is 1.97. The van der Waals surface area contributed by atoms with E-state index >= 15 is 0 Å². The molecule has 0 fully saturated rings. The second-order valence-electron chi connectivity index (χ2n) is 3.07. The molecular weight excluding hydrogens is 180 g/mol. The molecule has 0 heterocycles. The molecule has 0 aliphatic carbocycles. The van der Waals surface area contributed by atoms with Gasteiger partial charge in [0.15, 0.2) is 5.78 Å². The number of carbonyl (C=O) groups is 1. The van der Waals surface area contributed by atoms with Crippen LogP contribution in [0.4, 0.5) is 0 Å². The van der Waals surface area contributed by atoms with Crippen molar-refractivity contribution in [2.45, 2.75) is 13.5 Å². The highest BCUT2D eigenvalue weighted by Crippen LogP contribution is 2.12. The van der Waals surface area contributed by atoms with Gasteiger partial charge in [-0.1, -0.05) is 12.1 Å². The van der Waals surface area contributed by atoms with Gasteiger partial charge in [-0.3, -0.25) is 4.79 Å². The Labute approximate surface area is 83.6 Å². The highest BCUT2D eigenvalue weighted by atomic mass is 16.5. The standard InChI is InChI=1S/C11H14O3/c1-9(12)7-14-11-5-3-10(4-6-11)8-13-2/h3-6H,7-8H2,1-2H3. The summed E-state index contributed by atoms with van der Waals surface area (Å²) in [6, 6.07) is 7.49. The SMILES string of the molecule is COCc1ccc(OCC(C)=O)cc1. The van der Waals surface area contributed by atoms with Gasteiger partial charge >= 0.3 is 0 Å². The van der Waals surface area contributed by atoms with Crippen molar-refractivity contribution >= 4 is 5.78 Å². The summed E-state index contributed by atoms with van der Waals surface area (Å²) in [7, 11) is 1.65. The van der Waals surface area contributed by atoms with Gasteiger partial charge in [0.1, 0.15) is 12.4 Å². The Kier molecular flexibility index (Phi) is 4.13. The number of hydrogen-bond donors (Lipinski definition) is 0. The van der Waals surface area contributed by atoms with Gasteiger partial charge in [-0.25, -0.2) is 0 Å². The van der Waals surface area contributed by atoms with E-state index in [4.69, 9.17) is 9.47 Å². The van der Waals surface area contributed by atoms with Crippen molar-refractivity contribution < 1.29 is 14.3 Å². The summed E-state index contributed by atoms with van der Waals surface area (Å²) < 4.78 is 10.2. The molecule has 0 N–H and O–H groups in total. The number of hydrogen-bond acceptors (Lipinski definition) is 3. The van der Waals surface area contributed by atoms with Crippen LogP contribution in [0.3, 0.4) is 0 Å². The smallest absolute Gasteiger partial charge is 0.167 e. The zero-order chi connectivity index (χ0) is 10.4. The van der Waals surface area contributed by atoms with Crippen LogP contribution in [0.2, 0.25) is 0 Å². The molecule has 0 radical (unpaired) electrons. The van der Waals surface area contributed by atoms with E-state index in [0.717, 1.165) is 5.56 Å². The zero-order valence-electron chi connectivity index (χ0n) is 8.45. The second-order valence-corrected chi connectivity index (χ2v) is 3.07. The topological polar surface area (TPSA) is 35.5 Å². The number of rotatable bonds is 5. The van der Waals surface area contributed by atoms with Gasteiger partial charge < -0.3 is 9.47 Å². The maximum Gasteiger partial charge on any atom is 0.167 e. The van der Waals surface area contributed by atoms with Crippen LogP contribution in [0.5, 0.6) is 5.75 Å². The molecule has 0 atom stereocenters.